The first kappa shape index (κ1) is 8.75. The molecule has 12 heavy (non-hydrogen) atoms. The van der Waals surface area contributed by atoms with Gasteiger partial charge in [-0.1, -0.05) is 0 Å². The topological polar surface area (TPSA) is 12.0 Å². The number of halogens is 2. The van der Waals surface area contributed by atoms with Gasteiger partial charge in [0.15, 0.2) is 0 Å². The van der Waals surface area contributed by atoms with Crippen molar-refractivity contribution >= 4 is 11.8 Å². The molecule has 2 rings (SSSR count). The second kappa shape index (κ2) is 2.84. The van der Waals surface area contributed by atoms with Crippen molar-refractivity contribution in [2.45, 2.75) is 30.7 Å². The lowest BCUT2D eigenvalue weighted by Gasteiger charge is -2.38. The molecule has 1 spiro atoms. The second-order valence-electron chi connectivity index (χ2n) is 3.58. The molecule has 0 atom stereocenters. The first-order valence-corrected chi connectivity index (χ1v) is 5.52. The first-order valence-electron chi connectivity index (χ1n) is 4.37. The SMILES string of the molecule is FC1(F)CCNC12CCSCC2. The fraction of sp³-hybridized carbons (Fsp3) is 1.00. The molecular weight excluding hydrogens is 180 g/mol. The van der Waals surface area contributed by atoms with Crippen molar-refractivity contribution in [1.29, 1.82) is 0 Å². The van der Waals surface area contributed by atoms with Crippen LogP contribution in [-0.4, -0.2) is 29.5 Å². The number of thioether (sulfide) groups is 1. The maximum atomic E-state index is 13.4. The summed E-state index contributed by atoms with van der Waals surface area (Å²) in [6.45, 7) is 0.484. The van der Waals surface area contributed by atoms with Gasteiger partial charge in [0.25, 0.3) is 5.92 Å². The van der Waals surface area contributed by atoms with Gasteiger partial charge in [-0.2, -0.15) is 11.8 Å². The third kappa shape index (κ3) is 1.16. The Balaban J connectivity index is 2.17. The lowest BCUT2D eigenvalue weighted by atomic mass is 9.87. The lowest BCUT2D eigenvalue weighted by molar-refractivity contribution is -0.0638. The predicted octanol–water partition coefficient (Wildman–Crippen LogP) is 1.88. The molecule has 2 aliphatic rings. The summed E-state index contributed by atoms with van der Waals surface area (Å²) in [5.41, 5.74) is -0.835. The van der Waals surface area contributed by atoms with Gasteiger partial charge in [-0.25, -0.2) is 8.78 Å². The fourth-order valence-corrected chi connectivity index (χ4v) is 3.28. The van der Waals surface area contributed by atoms with Gasteiger partial charge in [0.05, 0.1) is 5.54 Å². The molecule has 0 unspecified atom stereocenters. The lowest BCUT2D eigenvalue weighted by Crippen LogP contribution is -2.54. The van der Waals surface area contributed by atoms with Crippen molar-refractivity contribution in [2.75, 3.05) is 18.1 Å². The molecule has 0 radical (unpaired) electrons. The highest BCUT2D eigenvalue weighted by molar-refractivity contribution is 7.99. The Labute approximate surface area is 75.3 Å². The molecule has 0 aromatic carbocycles. The zero-order chi connectivity index (χ0) is 8.66. The number of hydrogen-bond acceptors (Lipinski definition) is 2. The monoisotopic (exact) mass is 193 g/mol. The van der Waals surface area contributed by atoms with Gasteiger partial charge in [0.1, 0.15) is 0 Å². The summed E-state index contributed by atoms with van der Waals surface area (Å²) in [7, 11) is 0. The van der Waals surface area contributed by atoms with Crippen LogP contribution in [0.3, 0.4) is 0 Å². The molecule has 0 bridgehead atoms. The third-order valence-corrected chi connectivity index (χ3v) is 3.93. The molecule has 0 aromatic rings. The first-order chi connectivity index (χ1) is 5.66. The van der Waals surface area contributed by atoms with Gasteiger partial charge in [-0.3, -0.25) is 0 Å². The molecule has 0 aromatic heterocycles. The number of alkyl halides is 2. The van der Waals surface area contributed by atoms with E-state index >= 15 is 0 Å². The van der Waals surface area contributed by atoms with E-state index in [1.54, 1.807) is 11.8 Å². The van der Waals surface area contributed by atoms with Gasteiger partial charge in [0.2, 0.25) is 0 Å². The Morgan fingerprint density at radius 3 is 2.25 bits per heavy atom. The molecule has 1 nitrogen and oxygen atoms in total. The zero-order valence-corrected chi connectivity index (χ0v) is 7.72. The Kier molecular flexibility index (Phi) is 2.07. The summed E-state index contributed by atoms with van der Waals surface area (Å²) in [5.74, 6) is -0.709. The van der Waals surface area contributed by atoms with Crippen molar-refractivity contribution in [3.63, 3.8) is 0 Å². The van der Waals surface area contributed by atoms with Crippen molar-refractivity contribution in [2.24, 2.45) is 0 Å². The van der Waals surface area contributed by atoms with E-state index < -0.39 is 11.5 Å². The Bertz CT molecular complexity index is 178. The van der Waals surface area contributed by atoms with Crippen LogP contribution in [0.2, 0.25) is 0 Å². The molecule has 0 amide bonds. The summed E-state index contributed by atoms with van der Waals surface area (Å²) in [6.07, 6.45) is 1.28. The quantitative estimate of drug-likeness (QED) is 0.630. The van der Waals surface area contributed by atoms with Crippen LogP contribution in [0.5, 0.6) is 0 Å². The standard InChI is InChI=1S/C8H13F2NS/c9-8(10)1-4-11-7(8)2-5-12-6-3-7/h11H,1-6H2. The van der Waals surface area contributed by atoms with Crippen LogP contribution in [0.1, 0.15) is 19.3 Å². The average molecular weight is 193 g/mol. The van der Waals surface area contributed by atoms with Crippen LogP contribution in [0.15, 0.2) is 0 Å². The Morgan fingerprint density at radius 1 is 1.08 bits per heavy atom. The maximum absolute atomic E-state index is 13.4. The second-order valence-corrected chi connectivity index (χ2v) is 4.80. The molecule has 2 aliphatic heterocycles. The Hall–Kier alpha value is 0.170. The normalized spacial score (nSPS) is 32.5. The van der Waals surface area contributed by atoms with Crippen molar-refractivity contribution in [3.8, 4) is 0 Å². The minimum Gasteiger partial charge on any atom is -0.306 e. The van der Waals surface area contributed by atoms with E-state index in [0.29, 0.717) is 19.4 Å². The molecule has 0 saturated carbocycles. The molecule has 2 fully saturated rings. The number of nitrogens with one attached hydrogen (secondary N) is 1. The van der Waals surface area contributed by atoms with Gasteiger partial charge in [0, 0.05) is 13.0 Å². The molecule has 70 valence electrons. The van der Waals surface area contributed by atoms with E-state index in [1.807, 2.05) is 0 Å². The van der Waals surface area contributed by atoms with E-state index in [1.165, 1.54) is 0 Å². The summed E-state index contributed by atoms with van der Waals surface area (Å²) in [5, 5.41) is 3.00. The molecule has 4 heteroatoms. The maximum Gasteiger partial charge on any atom is 0.267 e. The summed E-state index contributed by atoms with van der Waals surface area (Å²) < 4.78 is 26.8. The highest BCUT2D eigenvalue weighted by Gasteiger charge is 2.56. The van der Waals surface area contributed by atoms with Gasteiger partial charge >= 0.3 is 0 Å². The van der Waals surface area contributed by atoms with E-state index in [-0.39, 0.29) is 6.42 Å². The molecule has 2 saturated heterocycles. The zero-order valence-electron chi connectivity index (χ0n) is 6.91. The van der Waals surface area contributed by atoms with Crippen LogP contribution >= 0.6 is 11.8 Å². The molecule has 0 aliphatic carbocycles. The summed E-state index contributed by atoms with van der Waals surface area (Å²) >= 11 is 1.78. The minimum atomic E-state index is -2.46. The largest absolute Gasteiger partial charge is 0.306 e. The van der Waals surface area contributed by atoms with Crippen LogP contribution in [0, 0.1) is 0 Å². The van der Waals surface area contributed by atoms with Gasteiger partial charge < -0.3 is 5.32 Å². The van der Waals surface area contributed by atoms with Crippen LogP contribution in [-0.2, 0) is 0 Å². The van der Waals surface area contributed by atoms with E-state index in [0.717, 1.165) is 11.5 Å². The van der Waals surface area contributed by atoms with Crippen molar-refractivity contribution < 1.29 is 8.78 Å². The fourth-order valence-electron chi connectivity index (χ4n) is 2.09. The van der Waals surface area contributed by atoms with Crippen LogP contribution in [0.25, 0.3) is 0 Å². The Morgan fingerprint density at radius 2 is 1.75 bits per heavy atom. The smallest absolute Gasteiger partial charge is 0.267 e. The average Bonchev–Trinajstić information content (AvgIpc) is 2.30. The summed E-state index contributed by atoms with van der Waals surface area (Å²) in [6, 6.07) is 0. The number of hydrogen-bond donors (Lipinski definition) is 1. The van der Waals surface area contributed by atoms with Crippen molar-refractivity contribution in [1.82, 2.24) is 5.32 Å². The molecular formula is C8H13F2NS. The van der Waals surface area contributed by atoms with E-state index in [2.05, 4.69) is 5.32 Å². The minimum absolute atomic E-state index is 0.0255. The molecule has 1 N–H and O–H groups in total. The van der Waals surface area contributed by atoms with Crippen LogP contribution in [0.4, 0.5) is 8.78 Å². The predicted molar refractivity (Wildman–Crippen MR) is 46.9 cm³/mol. The van der Waals surface area contributed by atoms with Gasteiger partial charge in [-0.05, 0) is 24.3 Å². The van der Waals surface area contributed by atoms with E-state index in [4.69, 9.17) is 0 Å². The third-order valence-electron chi connectivity index (χ3n) is 2.95. The van der Waals surface area contributed by atoms with Crippen molar-refractivity contribution in [3.05, 3.63) is 0 Å². The highest BCUT2D eigenvalue weighted by Crippen LogP contribution is 2.44. The van der Waals surface area contributed by atoms with Crippen LogP contribution < -0.4 is 5.32 Å². The van der Waals surface area contributed by atoms with E-state index in [9.17, 15) is 8.78 Å². The highest BCUT2D eigenvalue weighted by atomic mass is 32.2. The summed E-state index contributed by atoms with van der Waals surface area (Å²) in [4.78, 5) is 0. The van der Waals surface area contributed by atoms with Gasteiger partial charge in [-0.15, -0.1) is 0 Å². The molecule has 2 heterocycles. The number of rotatable bonds is 0.